The average Bonchev–Trinajstić information content (AvgIpc) is 2.47. The summed E-state index contributed by atoms with van der Waals surface area (Å²) in [6, 6.07) is 0. The third-order valence-corrected chi connectivity index (χ3v) is 6.09. The van der Waals surface area contributed by atoms with Gasteiger partial charge in [0.25, 0.3) is 0 Å². The van der Waals surface area contributed by atoms with E-state index in [-0.39, 0.29) is 16.2 Å². The molecule has 4 atom stereocenters. The zero-order chi connectivity index (χ0) is 11.8. The van der Waals surface area contributed by atoms with Gasteiger partial charge in [0.05, 0.1) is 0 Å². The zero-order valence-electron chi connectivity index (χ0n) is 10.8. The molecule has 3 rings (SSSR count). The second kappa shape index (κ2) is 2.63. The number of hydrogen-bond donors (Lipinski definition) is 0. The third kappa shape index (κ3) is 0.881. The molecule has 1 nitrogen and oxygen atoms in total. The molecule has 0 heterocycles. The largest absolute Gasteiger partial charge is 0.299 e. The Morgan fingerprint density at radius 3 is 2.62 bits per heavy atom. The first-order chi connectivity index (χ1) is 7.33. The normalized spacial score (nSPS) is 53.1. The van der Waals surface area contributed by atoms with Gasteiger partial charge in [0.15, 0.2) is 0 Å². The average molecular weight is 218 g/mol. The molecule has 0 saturated heterocycles. The fraction of sp³-hybridized carbons (Fsp3) is 0.800. The van der Waals surface area contributed by atoms with Crippen LogP contribution in [0.2, 0.25) is 0 Å². The summed E-state index contributed by atoms with van der Waals surface area (Å²) in [5.74, 6) is 1.45. The number of hydrogen-bond acceptors (Lipinski definition) is 1. The van der Waals surface area contributed by atoms with Crippen molar-refractivity contribution in [2.24, 2.45) is 28.1 Å². The van der Waals surface area contributed by atoms with Gasteiger partial charge in [-0.05, 0) is 30.6 Å². The molecule has 88 valence electrons. The maximum absolute atomic E-state index is 12.7. The molecule has 3 aliphatic carbocycles. The molecule has 0 spiro atoms. The molecule has 0 radical (unpaired) electrons. The molecule has 4 bridgehead atoms. The molecule has 4 unspecified atom stereocenters. The Balaban J connectivity index is 2.22. The van der Waals surface area contributed by atoms with Crippen LogP contribution in [0.15, 0.2) is 12.2 Å². The van der Waals surface area contributed by atoms with E-state index in [2.05, 4.69) is 39.8 Å². The highest BCUT2D eigenvalue weighted by molar-refractivity contribution is 5.93. The molecular weight excluding hydrogens is 196 g/mol. The predicted octanol–water partition coefficient (Wildman–Crippen LogP) is 3.59. The summed E-state index contributed by atoms with van der Waals surface area (Å²) >= 11 is 0. The van der Waals surface area contributed by atoms with Crippen molar-refractivity contribution in [3.63, 3.8) is 0 Å². The summed E-state index contributed by atoms with van der Waals surface area (Å²) in [6.07, 6.45) is 8.12. The van der Waals surface area contributed by atoms with E-state index in [1.165, 1.54) is 6.42 Å². The zero-order valence-corrected chi connectivity index (χ0v) is 10.8. The Labute approximate surface area is 98.3 Å². The number of carbonyl (C=O) groups excluding carboxylic acids is 1. The van der Waals surface area contributed by atoms with E-state index >= 15 is 0 Å². The van der Waals surface area contributed by atoms with Crippen molar-refractivity contribution in [1.29, 1.82) is 0 Å². The minimum Gasteiger partial charge on any atom is -0.299 e. The minimum absolute atomic E-state index is 0.0729. The number of rotatable bonds is 0. The first kappa shape index (κ1) is 10.6. The minimum atomic E-state index is -0.0729. The summed E-state index contributed by atoms with van der Waals surface area (Å²) in [4.78, 5) is 12.7. The van der Waals surface area contributed by atoms with Gasteiger partial charge in [-0.25, -0.2) is 0 Å². The molecule has 0 amide bonds. The van der Waals surface area contributed by atoms with Crippen molar-refractivity contribution >= 4 is 5.78 Å². The first-order valence-corrected chi connectivity index (χ1v) is 6.55. The maximum Gasteiger partial charge on any atom is 0.143 e. The highest BCUT2D eigenvalue weighted by atomic mass is 16.1. The van der Waals surface area contributed by atoms with Crippen molar-refractivity contribution in [2.75, 3.05) is 0 Å². The molecule has 0 aromatic rings. The Morgan fingerprint density at radius 1 is 1.25 bits per heavy atom. The monoisotopic (exact) mass is 218 g/mol. The van der Waals surface area contributed by atoms with Gasteiger partial charge in [0.1, 0.15) is 5.78 Å². The summed E-state index contributed by atoms with van der Waals surface area (Å²) in [7, 11) is 0. The second-order valence-corrected chi connectivity index (χ2v) is 7.20. The van der Waals surface area contributed by atoms with Gasteiger partial charge in [-0.2, -0.15) is 0 Å². The van der Waals surface area contributed by atoms with Gasteiger partial charge in [0, 0.05) is 16.7 Å². The van der Waals surface area contributed by atoms with Crippen molar-refractivity contribution in [3.8, 4) is 0 Å². The lowest BCUT2D eigenvalue weighted by molar-refractivity contribution is -0.134. The smallest absolute Gasteiger partial charge is 0.143 e. The van der Waals surface area contributed by atoms with Gasteiger partial charge in [-0.15, -0.1) is 0 Å². The van der Waals surface area contributed by atoms with Crippen LogP contribution in [-0.4, -0.2) is 5.78 Å². The SMILES string of the molecule is CC1(C)CC=CC2(C)C3CCC2(C)C(=O)C31. The lowest BCUT2D eigenvalue weighted by Crippen LogP contribution is -2.39. The number of Topliss-reactive ketones (excluding diaryl/α,β-unsaturated/α-hetero) is 1. The molecule has 0 aromatic heterocycles. The lowest BCUT2D eigenvalue weighted by Gasteiger charge is -2.37. The Bertz CT molecular complexity index is 392. The quantitative estimate of drug-likeness (QED) is 0.568. The van der Waals surface area contributed by atoms with Gasteiger partial charge in [0.2, 0.25) is 0 Å². The predicted molar refractivity (Wildman–Crippen MR) is 65.0 cm³/mol. The molecule has 0 aliphatic heterocycles. The summed E-state index contributed by atoms with van der Waals surface area (Å²) in [6.45, 7) is 9.08. The molecule has 3 aliphatic rings. The first-order valence-electron chi connectivity index (χ1n) is 6.55. The van der Waals surface area contributed by atoms with Crippen LogP contribution < -0.4 is 0 Å². The van der Waals surface area contributed by atoms with Crippen LogP contribution in [0.25, 0.3) is 0 Å². The third-order valence-electron chi connectivity index (χ3n) is 6.09. The number of ketones is 1. The molecule has 16 heavy (non-hydrogen) atoms. The van der Waals surface area contributed by atoms with Crippen molar-refractivity contribution < 1.29 is 4.79 Å². The van der Waals surface area contributed by atoms with E-state index in [9.17, 15) is 4.79 Å². The van der Waals surface area contributed by atoms with Gasteiger partial charge in [-0.1, -0.05) is 39.8 Å². The number of allylic oxidation sites excluding steroid dienone is 2. The van der Waals surface area contributed by atoms with Crippen LogP contribution in [0.4, 0.5) is 0 Å². The van der Waals surface area contributed by atoms with Crippen LogP contribution in [-0.2, 0) is 4.79 Å². The van der Waals surface area contributed by atoms with Gasteiger partial charge in [-0.3, -0.25) is 4.79 Å². The highest BCUT2D eigenvalue weighted by Gasteiger charge is 2.70. The summed E-state index contributed by atoms with van der Waals surface area (Å²) < 4.78 is 0. The van der Waals surface area contributed by atoms with Crippen LogP contribution in [0.3, 0.4) is 0 Å². The van der Waals surface area contributed by atoms with E-state index < -0.39 is 0 Å². The Kier molecular flexibility index (Phi) is 1.73. The van der Waals surface area contributed by atoms with Gasteiger partial charge < -0.3 is 0 Å². The summed E-state index contributed by atoms with van der Waals surface area (Å²) in [5, 5.41) is 0. The molecule has 0 aromatic carbocycles. The highest BCUT2D eigenvalue weighted by Crippen LogP contribution is 2.70. The molecular formula is C15H22O. The van der Waals surface area contributed by atoms with Crippen LogP contribution >= 0.6 is 0 Å². The Morgan fingerprint density at radius 2 is 1.94 bits per heavy atom. The standard InChI is InChI=1S/C15H22O/c1-13(2)7-5-8-14(3)10-6-9-15(14,4)12(16)11(10)13/h5,8,10-11H,6-7,9H2,1-4H3. The van der Waals surface area contributed by atoms with Crippen molar-refractivity contribution in [3.05, 3.63) is 12.2 Å². The van der Waals surface area contributed by atoms with E-state index in [1.807, 2.05) is 0 Å². The second-order valence-electron chi connectivity index (χ2n) is 7.20. The van der Waals surface area contributed by atoms with E-state index in [0.717, 1.165) is 12.8 Å². The van der Waals surface area contributed by atoms with E-state index in [1.54, 1.807) is 0 Å². The van der Waals surface area contributed by atoms with Crippen LogP contribution in [0, 0.1) is 28.1 Å². The van der Waals surface area contributed by atoms with Crippen LogP contribution in [0.1, 0.15) is 47.0 Å². The maximum atomic E-state index is 12.7. The molecule has 2 fully saturated rings. The van der Waals surface area contributed by atoms with Crippen molar-refractivity contribution in [2.45, 2.75) is 47.0 Å². The topological polar surface area (TPSA) is 17.1 Å². The Hall–Kier alpha value is -0.590. The molecule has 1 heteroatoms. The van der Waals surface area contributed by atoms with E-state index in [4.69, 9.17) is 0 Å². The summed E-state index contributed by atoms with van der Waals surface area (Å²) in [5.41, 5.74) is 0.229. The van der Waals surface area contributed by atoms with Crippen LogP contribution in [0.5, 0.6) is 0 Å². The molecule has 2 saturated carbocycles. The lowest BCUT2D eigenvalue weighted by atomic mass is 9.66. The van der Waals surface area contributed by atoms with Gasteiger partial charge >= 0.3 is 0 Å². The van der Waals surface area contributed by atoms with E-state index in [0.29, 0.717) is 17.6 Å². The fourth-order valence-electron chi connectivity index (χ4n) is 4.79. The fourth-order valence-corrected chi connectivity index (χ4v) is 4.79. The number of carbonyl (C=O) groups is 1. The molecule has 0 N–H and O–H groups in total. The van der Waals surface area contributed by atoms with Crippen molar-refractivity contribution in [1.82, 2.24) is 0 Å².